The molecule has 4 nitrogen and oxygen atoms in total. The van der Waals surface area contributed by atoms with Gasteiger partial charge in [0.15, 0.2) is 12.8 Å². The van der Waals surface area contributed by atoms with Gasteiger partial charge in [-0.3, -0.25) is 10.8 Å². The smallest absolute Gasteiger partial charge is 0.211 e. The topological polar surface area (TPSA) is 66.2 Å². The summed E-state index contributed by atoms with van der Waals surface area (Å²) in [5.41, 5.74) is 0. The molecule has 5 heteroatoms. The molecule has 2 N–H and O–H groups in total. The zero-order chi connectivity index (χ0) is 6.41. The number of hydrogen-bond acceptors (Lipinski definition) is 4. The van der Waals surface area contributed by atoms with Gasteiger partial charge in [-0.2, -0.15) is 0 Å². The number of rotatable bonds is 4. The fourth-order valence-electron chi connectivity index (χ4n) is 0.224. The molecule has 0 aromatic carbocycles. The molecule has 0 saturated heterocycles. The second kappa shape index (κ2) is 4.32. The molecule has 46 valence electrons. The van der Waals surface area contributed by atoms with E-state index < -0.39 is 0 Å². The molecule has 0 aliphatic rings. The van der Waals surface area contributed by atoms with E-state index >= 15 is 0 Å². The first kappa shape index (κ1) is 7.16. The van der Waals surface area contributed by atoms with Gasteiger partial charge in [-0.05, 0) is 0 Å². The van der Waals surface area contributed by atoms with Crippen molar-refractivity contribution in [2.45, 2.75) is 5.91 Å². The highest BCUT2D eigenvalue weighted by atomic mass is 28.1. The van der Waals surface area contributed by atoms with Crippen molar-refractivity contribution in [3.8, 4) is 0 Å². The van der Waals surface area contributed by atoms with Gasteiger partial charge in [-0.25, -0.2) is 0 Å². The van der Waals surface area contributed by atoms with Crippen LogP contribution in [0.4, 0.5) is 0 Å². The van der Waals surface area contributed by atoms with Gasteiger partial charge in [0.1, 0.15) is 10.2 Å². The Kier molecular flexibility index (Phi) is 3.86. The van der Waals surface area contributed by atoms with E-state index in [9.17, 15) is 0 Å². The molecule has 0 aliphatic carbocycles. The van der Waals surface area contributed by atoms with Crippen molar-refractivity contribution >= 4 is 23.0 Å². The lowest BCUT2D eigenvalue weighted by Gasteiger charge is -2.06. The highest BCUT2D eigenvalue weighted by molar-refractivity contribution is 6.10. The lowest BCUT2D eigenvalue weighted by atomic mass is 11.3. The van der Waals surface area contributed by atoms with Gasteiger partial charge < -0.3 is 9.47 Å². The molecule has 0 atom stereocenters. The molecule has 0 fully saturated rings. The lowest BCUT2D eigenvalue weighted by molar-refractivity contribution is 0.0672. The highest BCUT2D eigenvalue weighted by Gasteiger charge is 1.93. The summed E-state index contributed by atoms with van der Waals surface area (Å²) >= 11 is 0. The Morgan fingerprint density at radius 2 is 1.62 bits per heavy atom. The quantitative estimate of drug-likeness (QED) is 0.220. The monoisotopic (exact) mass is 132 g/mol. The van der Waals surface area contributed by atoms with Gasteiger partial charge in [0.05, 0.1) is 0 Å². The molecule has 0 aliphatic heterocycles. The van der Waals surface area contributed by atoms with E-state index in [-0.39, 0.29) is 5.91 Å². The Morgan fingerprint density at radius 1 is 1.25 bits per heavy atom. The third-order valence-corrected chi connectivity index (χ3v) is 1.06. The highest BCUT2D eigenvalue weighted by Crippen LogP contribution is 1.80. The van der Waals surface area contributed by atoms with Gasteiger partial charge in [0, 0.05) is 0 Å². The van der Waals surface area contributed by atoms with E-state index in [0.717, 1.165) is 12.8 Å². The van der Waals surface area contributed by atoms with Crippen LogP contribution >= 0.6 is 0 Å². The van der Waals surface area contributed by atoms with Gasteiger partial charge >= 0.3 is 0 Å². The summed E-state index contributed by atoms with van der Waals surface area (Å²) in [6.45, 7) is 0. The van der Waals surface area contributed by atoms with Gasteiger partial charge in [0.25, 0.3) is 0 Å². The molecular weight excluding hydrogens is 124 g/mol. The van der Waals surface area contributed by atoms with Crippen LogP contribution < -0.4 is 0 Å². The maximum absolute atomic E-state index is 6.43. The Balaban J connectivity index is 3.16. The molecule has 0 unspecified atom stereocenters. The fraction of sp³-hybridized carbons (Fsp3) is 0.333. The first-order chi connectivity index (χ1) is 3.81. The SMILES string of the molecule is N=COC([SiH3])OC=N. The minimum atomic E-state index is -0.384. The Bertz CT molecular complexity index is 77.4. The predicted molar refractivity (Wildman–Crippen MR) is 33.5 cm³/mol. The summed E-state index contributed by atoms with van der Waals surface area (Å²) in [4.78, 5) is 0. The molecule has 0 aromatic heterocycles. The van der Waals surface area contributed by atoms with E-state index in [1.807, 2.05) is 0 Å². The van der Waals surface area contributed by atoms with Crippen molar-refractivity contribution < 1.29 is 9.47 Å². The second-order valence-electron chi connectivity index (χ2n) is 1.08. The van der Waals surface area contributed by atoms with E-state index in [0.29, 0.717) is 10.2 Å². The second-order valence-corrected chi connectivity index (χ2v) is 2.02. The Labute approximate surface area is 50.2 Å². The van der Waals surface area contributed by atoms with E-state index in [1.54, 1.807) is 0 Å². The number of ether oxygens (including phenoxy) is 2. The summed E-state index contributed by atoms with van der Waals surface area (Å²) in [5.74, 6) is -0.384. The van der Waals surface area contributed by atoms with Crippen LogP contribution in [0.1, 0.15) is 0 Å². The summed E-state index contributed by atoms with van der Waals surface area (Å²) < 4.78 is 9.02. The number of hydrogen-bond donors (Lipinski definition) is 2. The summed E-state index contributed by atoms with van der Waals surface area (Å²) in [7, 11) is 0.662. The van der Waals surface area contributed by atoms with Crippen molar-refractivity contribution in [2.24, 2.45) is 0 Å². The fourth-order valence-corrected chi connectivity index (χ4v) is 0.496. The van der Waals surface area contributed by atoms with Crippen LogP contribution in [-0.4, -0.2) is 29.0 Å². The molecule has 0 heterocycles. The predicted octanol–water partition coefficient (Wildman–Crippen LogP) is -1.12. The molecule has 0 bridgehead atoms. The maximum Gasteiger partial charge on any atom is 0.211 e. The minimum Gasteiger partial charge on any atom is -0.450 e. The molecule has 0 saturated carbocycles. The summed E-state index contributed by atoms with van der Waals surface area (Å²) in [5, 5.41) is 12.9. The third-order valence-electron chi connectivity index (χ3n) is 0.519. The van der Waals surface area contributed by atoms with Gasteiger partial charge in [-0.15, -0.1) is 0 Å². The molecule has 0 spiro atoms. The Hall–Kier alpha value is -0.843. The standard InChI is InChI=1S/C3H8N2O2Si/c4-1-6-3(8)7-2-5/h1-5H,8H3. The van der Waals surface area contributed by atoms with E-state index in [2.05, 4.69) is 9.47 Å². The normalized spacial score (nSPS) is 12.0. The van der Waals surface area contributed by atoms with Crippen molar-refractivity contribution in [2.75, 3.05) is 0 Å². The zero-order valence-corrected chi connectivity index (χ0v) is 6.55. The average Bonchev–Trinajstić information content (AvgIpc) is 1.68. The van der Waals surface area contributed by atoms with E-state index in [4.69, 9.17) is 10.8 Å². The third kappa shape index (κ3) is 3.35. The lowest BCUT2D eigenvalue weighted by Crippen LogP contribution is -2.14. The van der Waals surface area contributed by atoms with Crippen molar-refractivity contribution in [3.05, 3.63) is 0 Å². The van der Waals surface area contributed by atoms with Crippen LogP contribution in [0.2, 0.25) is 0 Å². The van der Waals surface area contributed by atoms with Crippen LogP contribution in [0.15, 0.2) is 0 Å². The first-order valence-electron chi connectivity index (χ1n) is 2.10. The van der Waals surface area contributed by atoms with Gasteiger partial charge in [0.2, 0.25) is 5.91 Å². The van der Waals surface area contributed by atoms with Gasteiger partial charge in [-0.1, -0.05) is 0 Å². The molecule has 0 radical (unpaired) electrons. The summed E-state index contributed by atoms with van der Waals surface area (Å²) in [6, 6.07) is 0. The minimum absolute atomic E-state index is 0.384. The maximum atomic E-state index is 6.43. The summed E-state index contributed by atoms with van der Waals surface area (Å²) in [6.07, 6.45) is 1.61. The molecule has 8 heavy (non-hydrogen) atoms. The average molecular weight is 132 g/mol. The van der Waals surface area contributed by atoms with Crippen molar-refractivity contribution in [1.29, 1.82) is 10.8 Å². The molecular formula is C3H8N2O2Si. The molecule has 0 amide bonds. The van der Waals surface area contributed by atoms with Crippen molar-refractivity contribution in [1.82, 2.24) is 0 Å². The van der Waals surface area contributed by atoms with Crippen LogP contribution in [0.25, 0.3) is 0 Å². The molecule has 0 aromatic rings. The van der Waals surface area contributed by atoms with Crippen LogP contribution in [0.5, 0.6) is 0 Å². The van der Waals surface area contributed by atoms with Crippen LogP contribution in [-0.2, 0) is 9.47 Å². The zero-order valence-electron chi connectivity index (χ0n) is 4.55. The first-order valence-corrected chi connectivity index (χ1v) is 3.25. The van der Waals surface area contributed by atoms with Crippen LogP contribution in [0.3, 0.4) is 0 Å². The van der Waals surface area contributed by atoms with Crippen molar-refractivity contribution in [3.63, 3.8) is 0 Å². The Morgan fingerprint density at radius 3 is 1.88 bits per heavy atom. The van der Waals surface area contributed by atoms with Crippen LogP contribution in [0, 0.1) is 10.8 Å². The number of nitrogens with one attached hydrogen (secondary N) is 2. The largest absolute Gasteiger partial charge is 0.450 e. The van der Waals surface area contributed by atoms with E-state index in [1.165, 1.54) is 0 Å². The molecule has 0 rings (SSSR count).